The molecule has 0 saturated heterocycles. The smallest absolute Gasteiger partial charge is 0.393 e. The fourth-order valence-electron chi connectivity index (χ4n) is 4.63. The van der Waals surface area contributed by atoms with Gasteiger partial charge < -0.3 is 9.29 Å². The van der Waals surface area contributed by atoms with E-state index in [4.69, 9.17) is 4.55 Å². The van der Waals surface area contributed by atoms with Crippen molar-refractivity contribution < 1.29 is 22.3 Å². The van der Waals surface area contributed by atoms with Gasteiger partial charge in [-0.05, 0) is 65.6 Å². The fraction of sp³-hybridized carbons (Fsp3) is 0.444. The average Bonchev–Trinajstić information content (AvgIpc) is 2.81. The lowest BCUT2D eigenvalue weighted by atomic mass is 9.65. The minimum absolute atomic E-state index is 0.0469. The Bertz CT molecular complexity index is 920. The molecule has 5 nitrogen and oxygen atoms in total. The van der Waals surface area contributed by atoms with Crippen molar-refractivity contribution in [3.05, 3.63) is 41.5 Å². The Labute approximate surface area is 141 Å². The van der Waals surface area contributed by atoms with Crippen LogP contribution in [0.4, 0.5) is 0 Å². The largest absolute Gasteiger partial charge is 0.446 e. The molecule has 2 aromatic carbocycles. The number of hydrogen-bond donors (Lipinski definition) is 2. The lowest BCUT2D eigenvalue weighted by Crippen LogP contribution is -2.35. The molecule has 4 rings (SSSR count). The molecule has 1 unspecified atom stereocenters. The number of aliphatic hydroxyl groups excluding tert-OH is 1. The molecule has 2 aliphatic rings. The monoisotopic (exact) mass is 348 g/mol. The summed E-state index contributed by atoms with van der Waals surface area (Å²) in [5, 5.41) is 12.3. The van der Waals surface area contributed by atoms with Crippen LogP contribution in [0.1, 0.15) is 43.2 Å². The summed E-state index contributed by atoms with van der Waals surface area (Å²) in [5.41, 5.74) is 2.54. The van der Waals surface area contributed by atoms with Crippen LogP contribution >= 0.6 is 0 Å². The number of fused-ring (bicyclic) bond motifs is 5. The van der Waals surface area contributed by atoms with Gasteiger partial charge in [0.05, 0.1) is 6.10 Å². The Morgan fingerprint density at radius 3 is 2.75 bits per heavy atom. The van der Waals surface area contributed by atoms with Gasteiger partial charge in [0.2, 0.25) is 0 Å². The number of aryl methyl sites for hydroxylation is 1. The third kappa shape index (κ3) is 2.41. The van der Waals surface area contributed by atoms with Gasteiger partial charge in [-0.1, -0.05) is 25.1 Å². The van der Waals surface area contributed by atoms with E-state index >= 15 is 0 Å². The zero-order valence-electron chi connectivity index (χ0n) is 13.4. The molecule has 3 atom stereocenters. The van der Waals surface area contributed by atoms with Crippen LogP contribution in [-0.4, -0.2) is 24.2 Å². The van der Waals surface area contributed by atoms with E-state index in [0.717, 1.165) is 36.5 Å². The van der Waals surface area contributed by atoms with Gasteiger partial charge in [0.25, 0.3) is 0 Å². The second kappa shape index (κ2) is 5.18. The normalized spacial score (nSPS) is 29.3. The van der Waals surface area contributed by atoms with Gasteiger partial charge in [-0.15, -0.1) is 0 Å². The van der Waals surface area contributed by atoms with Crippen molar-refractivity contribution in [2.45, 2.75) is 44.6 Å². The third-order valence-electron chi connectivity index (χ3n) is 5.92. The van der Waals surface area contributed by atoms with Crippen molar-refractivity contribution in [1.29, 1.82) is 0 Å². The van der Waals surface area contributed by atoms with Crippen molar-refractivity contribution >= 4 is 21.2 Å². The summed E-state index contributed by atoms with van der Waals surface area (Å²) in [7, 11) is -4.52. The first-order valence-corrected chi connectivity index (χ1v) is 9.55. The number of benzene rings is 2. The molecule has 1 saturated carbocycles. The van der Waals surface area contributed by atoms with Crippen LogP contribution < -0.4 is 4.18 Å². The van der Waals surface area contributed by atoms with E-state index in [1.165, 1.54) is 11.1 Å². The maximum Gasteiger partial charge on any atom is 0.446 e. The fourth-order valence-corrected chi connectivity index (χ4v) is 4.98. The van der Waals surface area contributed by atoms with Gasteiger partial charge in [-0.25, -0.2) is 0 Å². The van der Waals surface area contributed by atoms with E-state index in [1.807, 2.05) is 12.1 Å². The molecule has 2 N–H and O–H groups in total. The van der Waals surface area contributed by atoms with E-state index in [0.29, 0.717) is 5.92 Å². The Morgan fingerprint density at radius 1 is 1.21 bits per heavy atom. The minimum atomic E-state index is -4.52. The van der Waals surface area contributed by atoms with Crippen LogP contribution in [0.2, 0.25) is 0 Å². The Morgan fingerprint density at radius 2 is 2.00 bits per heavy atom. The molecule has 2 aromatic rings. The summed E-state index contributed by atoms with van der Waals surface area (Å²) < 4.78 is 35.1. The summed E-state index contributed by atoms with van der Waals surface area (Å²) in [6.07, 6.45) is 3.46. The molecule has 0 spiro atoms. The highest BCUT2D eigenvalue weighted by Crippen LogP contribution is 2.56. The predicted octanol–water partition coefficient (Wildman–Crippen LogP) is 3.21. The van der Waals surface area contributed by atoms with Crippen LogP contribution in [0.3, 0.4) is 0 Å². The second-order valence-electron chi connectivity index (χ2n) is 7.18. The molecular formula is C18H20O5S. The van der Waals surface area contributed by atoms with Gasteiger partial charge in [-0.2, -0.15) is 8.42 Å². The van der Waals surface area contributed by atoms with E-state index < -0.39 is 10.4 Å². The lowest BCUT2D eigenvalue weighted by Gasteiger charge is -2.40. The first-order valence-electron chi connectivity index (χ1n) is 8.18. The van der Waals surface area contributed by atoms with Crippen LogP contribution in [0.25, 0.3) is 10.8 Å². The molecule has 1 fully saturated rings. The van der Waals surface area contributed by atoms with Crippen molar-refractivity contribution in [3.63, 3.8) is 0 Å². The summed E-state index contributed by atoms with van der Waals surface area (Å²) in [6.45, 7) is 2.19. The minimum Gasteiger partial charge on any atom is -0.393 e. The Kier molecular flexibility index (Phi) is 3.43. The molecule has 0 amide bonds. The van der Waals surface area contributed by atoms with Gasteiger partial charge in [0.1, 0.15) is 5.75 Å². The topological polar surface area (TPSA) is 83.8 Å². The number of aliphatic hydroxyl groups is 1. The van der Waals surface area contributed by atoms with E-state index in [9.17, 15) is 13.5 Å². The molecule has 0 aromatic heterocycles. The summed E-state index contributed by atoms with van der Waals surface area (Å²) in [4.78, 5) is 0. The van der Waals surface area contributed by atoms with E-state index in [1.54, 1.807) is 12.1 Å². The van der Waals surface area contributed by atoms with E-state index in [2.05, 4.69) is 17.2 Å². The standard InChI is InChI=1S/C18H20O5S/c1-18-9-8-14-13-5-3-12(23-24(20,21)22)10-11(13)2-4-15(14)16(18)6-7-17(18)19/h2-5,10,16-17,19H,6-9H2,1H3,(H,20,21,22)/t16-,17?,18-/m0/s1. The Balaban J connectivity index is 1.81. The first-order chi connectivity index (χ1) is 11.3. The highest BCUT2D eigenvalue weighted by atomic mass is 32.3. The van der Waals surface area contributed by atoms with Crippen LogP contribution in [0, 0.1) is 5.41 Å². The van der Waals surface area contributed by atoms with Gasteiger partial charge in [-0.3, -0.25) is 4.55 Å². The number of hydrogen-bond acceptors (Lipinski definition) is 4. The SMILES string of the molecule is C[C@]12CCc3c(ccc4cc(OS(=O)(=O)O)ccc34)[C@@H]1CCC2O. The van der Waals surface area contributed by atoms with Crippen molar-refractivity contribution in [3.8, 4) is 5.75 Å². The van der Waals surface area contributed by atoms with Crippen molar-refractivity contribution in [2.24, 2.45) is 5.41 Å². The molecule has 0 bridgehead atoms. The zero-order valence-corrected chi connectivity index (χ0v) is 14.2. The highest BCUT2D eigenvalue weighted by molar-refractivity contribution is 7.81. The lowest BCUT2D eigenvalue weighted by molar-refractivity contribution is 0.0459. The van der Waals surface area contributed by atoms with Crippen molar-refractivity contribution in [1.82, 2.24) is 0 Å². The summed E-state index contributed by atoms with van der Waals surface area (Å²) in [6, 6.07) is 9.09. The molecule has 2 aliphatic carbocycles. The maximum atomic E-state index is 10.9. The summed E-state index contributed by atoms with van der Waals surface area (Å²) >= 11 is 0. The second-order valence-corrected chi connectivity index (χ2v) is 8.20. The Hall–Kier alpha value is -1.63. The molecular weight excluding hydrogens is 328 g/mol. The summed E-state index contributed by atoms with van der Waals surface area (Å²) in [5.74, 6) is 0.469. The van der Waals surface area contributed by atoms with E-state index in [-0.39, 0.29) is 17.3 Å². The third-order valence-corrected chi connectivity index (χ3v) is 6.32. The molecule has 128 valence electrons. The molecule has 24 heavy (non-hydrogen) atoms. The number of rotatable bonds is 2. The van der Waals surface area contributed by atoms with Crippen LogP contribution in [0.15, 0.2) is 30.3 Å². The quantitative estimate of drug-likeness (QED) is 0.814. The van der Waals surface area contributed by atoms with Crippen LogP contribution in [0.5, 0.6) is 5.75 Å². The molecule has 0 radical (unpaired) electrons. The molecule has 0 heterocycles. The van der Waals surface area contributed by atoms with Gasteiger partial charge >= 0.3 is 10.4 Å². The molecule has 0 aliphatic heterocycles. The van der Waals surface area contributed by atoms with Gasteiger partial charge in [0, 0.05) is 5.41 Å². The predicted molar refractivity (Wildman–Crippen MR) is 90.5 cm³/mol. The van der Waals surface area contributed by atoms with Crippen molar-refractivity contribution in [2.75, 3.05) is 0 Å². The highest BCUT2D eigenvalue weighted by Gasteiger charge is 2.49. The first kappa shape index (κ1) is 15.9. The van der Waals surface area contributed by atoms with Crippen LogP contribution in [-0.2, 0) is 16.8 Å². The maximum absolute atomic E-state index is 10.9. The zero-order chi connectivity index (χ0) is 17.1. The average molecular weight is 348 g/mol. The molecule has 6 heteroatoms. The van der Waals surface area contributed by atoms with Gasteiger partial charge in [0.15, 0.2) is 0 Å².